The van der Waals surface area contributed by atoms with Gasteiger partial charge in [0.2, 0.25) is 5.91 Å². The molecule has 0 fully saturated rings. The molecule has 0 aliphatic heterocycles. The van der Waals surface area contributed by atoms with Gasteiger partial charge in [0.25, 0.3) is 16.8 Å². The highest BCUT2D eigenvalue weighted by Gasteiger charge is 2.20. The van der Waals surface area contributed by atoms with Crippen molar-refractivity contribution in [1.82, 2.24) is 10.2 Å². The van der Waals surface area contributed by atoms with E-state index in [-0.39, 0.29) is 39.8 Å². The van der Waals surface area contributed by atoms with Crippen molar-refractivity contribution in [1.29, 1.82) is 0 Å². The fourth-order valence-electron chi connectivity index (χ4n) is 2.33. The lowest BCUT2D eigenvalue weighted by Gasteiger charge is -2.05. The molecular formula is C18H14N4O5S. The Bertz CT molecular complexity index is 1050. The van der Waals surface area contributed by atoms with Gasteiger partial charge < -0.3 is 9.73 Å². The maximum absolute atomic E-state index is 12.1. The zero-order chi connectivity index (χ0) is 20.1. The van der Waals surface area contributed by atoms with Crippen LogP contribution >= 0.6 is 11.8 Å². The summed E-state index contributed by atoms with van der Waals surface area (Å²) >= 11 is 0.999. The van der Waals surface area contributed by atoms with Gasteiger partial charge in [0, 0.05) is 17.3 Å². The molecule has 1 N–H and O–H groups in total. The lowest BCUT2D eigenvalue weighted by Crippen LogP contribution is -2.14. The lowest BCUT2D eigenvalue weighted by atomic mass is 10.1. The van der Waals surface area contributed by atoms with Gasteiger partial charge in [-0.15, -0.1) is 10.2 Å². The molecule has 0 spiro atoms. The average molecular weight is 398 g/mol. The predicted octanol–water partition coefficient (Wildman–Crippen LogP) is 3.58. The molecule has 0 bridgehead atoms. The Morgan fingerprint density at radius 2 is 1.96 bits per heavy atom. The number of hydrogen-bond donors (Lipinski definition) is 1. The third-order valence-electron chi connectivity index (χ3n) is 3.62. The Kier molecular flexibility index (Phi) is 5.80. The highest BCUT2D eigenvalue weighted by Crippen LogP contribution is 2.30. The molecule has 0 atom stereocenters. The van der Waals surface area contributed by atoms with Gasteiger partial charge in [-0.05, 0) is 25.1 Å². The van der Waals surface area contributed by atoms with Crippen LogP contribution in [0.25, 0.3) is 11.5 Å². The quantitative estimate of drug-likeness (QED) is 0.277. The van der Waals surface area contributed by atoms with E-state index in [2.05, 4.69) is 15.5 Å². The normalized spacial score (nSPS) is 10.5. The Balaban J connectivity index is 1.63. The van der Waals surface area contributed by atoms with E-state index in [1.54, 1.807) is 36.4 Å². The van der Waals surface area contributed by atoms with Crippen LogP contribution in [0.2, 0.25) is 0 Å². The number of amides is 1. The molecule has 1 aromatic heterocycles. The van der Waals surface area contributed by atoms with E-state index in [4.69, 9.17) is 4.42 Å². The van der Waals surface area contributed by atoms with Crippen LogP contribution in [0.3, 0.4) is 0 Å². The van der Waals surface area contributed by atoms with Crippen LogP contribution in [0.4, 0.5) is 11.4 Å². The zero-order valence-electron chi connectivity index (χ0n) is 14.6. The molecule has 3 rings (SSSR count). The molecule has 3 aromatic rings. The summed E-state index contributed by atoms with van der Waals surface area (Å²) in [4.78, 5) is 34.0. The van der Waals surface area contributed by atoms with Crippen LogP contribution in [0.1, 0.15) is 17.3 Å². The van der Waals surface area contributed by atoms with E-state index in [1.807, 2.05) is 0 Å². The minimum absolute atomic E-state index is 0.00404. The summed E-state index contributed by atoms with van der Waals surface area (Å²) in [6, 6.07) is 12.6. The molecule has 0 unspecified atom stereocenters. The second-order valence-electron chi connectivity index (χ2n) is 5.62. The number of rotatable bonds is 7. The topological polar surface area (TPSA) is 128 Å². The SMILES string of the molecule is CC(=O)c1cccc(NC(=O)CSc2nnc(-c3ccccc3[N+](=O)[O-])o2)c1. The van der Waals surface area contributed by atoms with Crippen molar-refractivity contribution >= 4 is 34.8 Å². The highest BCUT2D eigenvalue weighted by molar-refractivity contribution is 7.99. The van der Waals surface area contributed by atoms with Crippen LogP contribution in [0, 0.1) is 10.1 Å². The van der Waals surface area contributed by atoms with Crippen LogP contribution in [-0.2, 0) is 4.79 Å². The third-order valence-corrected chi connectivity index (χ3v) is 4.44. The number of benzene rings is 2. The largest absolute Gasteiger partial charge is 0.411 e. The number of nitro groups is 1. The van der Waals surface area contributed by atoms with E-state index < -0.39 is 4.92 Å². The van der Waals surface area contributed by atoms with Crippen LogP contribution in [0.15, 0.2) is 58.2 Å². The van der Waals surface area contributed by atoms with E-state index in [1.165, 1.54) is 19.1 Å². The number of aromatic nitrogens is 2. The van der Waals surface area contributed by atoms with E-state index in [9.17, 15) is 19.7 Å². The fraction of sp³-hybridized carbons (Fsp3) is 0.111. The molecule has 142 valence electrons. The van der Waals surface area contributed by atoms with Crippen LogP contribution in [0.5, 0.6) is 0 Å². The maximum atomic E-state index is 12.1. The molecule has 0 saturated carbocycles. The molecule has 10 heteroatoms. The number of hydrogen-bond acceptors (Lipinski definition) is 8. The summed E-state index contributed by atoms with van der Waals surface area (Å²) in [5.41, 5.74) is 1.06. The summed E-state index contributed by atoms with van der Waals surface area (Å²) in [7, 11) is 0. The molecule has 0 aliphatic rings. The van der Waals surface area contributed by atoms with Gasteiger partial charge >= 0.3 is 0 Å². The van der Waals surface area contributed by atoms with Crippen molar-refractivity contribution in [3.8, 4) is 11.5 Å². The summed E-state index contributed by atoms with van der Waals surface area (Å²) in [5.74, 6) is -0.428. The number of thioether (sulfide) groups is 1. The Hall–Kier alpha value is -3.53. The minimum Gasteiger partial charge on any atom is -0.411 e. The van der Waals surface area contributed by atoms with E-state index in [0.717, 1.165) is 11.8 Å². The third kappa shape index (κ3) is 4.60. The molecule has 0 radical (unpaired) electrons. The van der Waals surface area contributed by atoms with Gasteiger partial charge in [0.05, 0.1) is 10.7 Å². The Morgan fingerprint density at radius 1 is 1.18 bits per heavy atom. The lowest BCUT2D eigenvalue weighted by molar-refractivity contribution is -0.384. The van der Waals surface area contributed by atoms with Crippen molar-refractivity contribution < 1.29 is 18.9 Å². The number of nitro benzene ring substituents is 1. The number of nitrogens with one attached hydrogen (secondary N) is 1. The average Bonchev–Trinajstić information content (AvgIpc) is 3.15. The van der Waals surface area contributed by atoms with Crippen molar-refractivity contribution in [3.63, 3.8) is 0 Å². The summed E-state index contributed by atoms with van der Waals surface area (Å²) < 4.78 is 5.42. The fourth-order valence-corrected chi connectivity index (χ4v) is 2.89. The number of ketones is 1. The van der Waals surface area contributed by atoms with Crippen molar-refractivity contribution in [2.45, 2.75) is 12.1 Å². The van der Waals surface area contributed by atoms with Gasteiger partial charge in [-0.1, -0.05) is 36.0 Å². The number of anilines is 1. The first-order chi connectivity index (χ1) is 13.4. The summed E-state index contributed by atoms with van der Waals surface area (Å²) in [5, 5.41) is 21.5. The molecule has 1 amide bonds. The van der Waals surface area contributed by atoms with Crippen molar-refractivity contribution in [3.05, 3.63) is 64.2 Å². The smallest absolute Gasteiger partial charge is 0.282 e. The second-order valence-corrected chi connectivity index (χ2v) is 6.55. The first-order valence-electron chi connectivity index (χ1n) is 8.05. The monoisotopic (exact) mass is 398 g/mol. The van der Waals surface area contributed by atoms with Crippen LogP contribution in [-0.4, -0.2) is 32.6 Å². The van der Waals surface area contributed by atoms with Crippen LogP contribution < -0.4 is 5.32 Å². The number of carbonyl (C=O) groups is 2. The van der Waals surface area contributed by atoms with Gasteiger partial charge in [-0.25, -0.2) is 0 Å². The predicted molar refractivity (Wildman–Crippen MR) is 102 cm³/mol. The number of carbonyl (C=O) groups excluding carboxylic acids is 2. The van der Waals surface area contributed by atoms with Gasteiger partial charge in [0.1, 0.15) is 5.56 Å². The van der Waals surface area contributed by atoms with E-state index in [0.29, 0.717) is 11.3 Å². The maximum Gasteiger partial charge on any atom is 0.282 e. The molecule has 0 saturated heterocycles. The highest BCUT2D eigenvalue weighted by atomic mass is 32.2. The molecule has 2 aromatic carbocycles. The number of nitrogens with zero attached hydrogens (tertiary/aromatic N) is 3. The first-order valence-corrected chi connectivity index (χ1v) is 9.03. The molecule has 0 aliphatic carbocycles. The van der Waals surface area contributed by atoms with Crippen molar-refractivity contribution in [2.24, 2.45) is 0 Å². The van der Waals surface area contributed by atoms with Gasteiger partial charge in [-0.3, -0.25) is 19.7 Å². The van der Waals surface area contributed by atoms with E-state index >= 15 is 0 Å². The second kappa shape index (κ2) is 8.44. The zero-order valence-corrected chi connectivity index (χ0v) is 15.4. The summed E-state index contributed by atoms with van der Waals surface area (Å²) in [6.45, 7) is 1.45. The molecule has 9 nitrogen and oxygen atoms in total. The minimum atomic E-state index is -0.533. The van der Waals surface area contributed by atoms with Gasteiger partial charge in [0.15, 0.2) is 5.78 Å². The standard InChI is InChI=1S/C18H14N4O5S/c1-11(23)12-5-4-6-13(9-12)19-16(24)10-28-18-21-20-17(27-18)14-7-2-3-8-15(14)22(25)26/h2-9H,10H2,1H3,(H,19,24). The molecule has 28 heavy (non-hydrogen) atoms. The summed E-state index contributed by atoms with van der Waals surface area (Å²) in [6.07, 6.45) is 0. The first kappa shape index (κ1) is 19.2. The Morgan fingerprint density at radius 3 is 2.71 bits per heavy atom. The van der Waals surface area contributed by atoms with Gasteiger partial charge in [-0.2, -0.15) is 0 Å². The Labute approximate surface area is 163 Å². The van der Waals surface area contributed by atoms with Crippen molar-refractivity contribution in [2.75, 3.05) is 11.1 Å². The number of Topliss-reactive ketones (excluding diaryl/α,β-unsaturated/α-hetero) is 1. The molecular weight excluding hydrogens is 384 g/mol. The molecule has 1 heterocycles. The number of para-hydroxylation sites is 1.